The van der Waals surface area contributed by atoms with Crippen LogP contribution in [0.2, 0.25) is 0 Å². The molecule has 10 bridgehead atoms. The van der Waals surface area contributed by atoms with Crippen molar-refractivity contribution >= 4 is 75.1 Å². The van der Waals surface area contributed by atoms with E-state index in [-0.39, 0.29) is 0 Å². The van der Waals surface area contributed by atoms with E-state index in [0.29, 0.717) is 0 Å². The standard InChI is InChI=1S/C49H32N4OS/c1-3-13-42-36(9-1)38-20-18-34-27-44(38)52(42)46-22-16-30(29-51-46)15-17-32-7-5-11-40-41-12-6-8-33(49(41)55-48(32)40)25-31-23-24-50-47(26-31)53-43-14-4-2-10-37(43)39-21-19-35(54-34)28-45(39)53/h1-14,16,18-24,26-29H,15,17,25H2. The molecule has 2 aliphatic rings. The third-order valence-corrected chi connectivity index (χ3v) is 12.7. The Morgan fingerprint density at radius 3 is 1.76 bits per heavy atom. The van der Waals surface area contributed by atoms with Crippen molar-refractivity contribution in [2.24, 2.45) is 0 Å². The van der Waals surface area contributed by atoms with E-state index in [1.165, 1.54) is 53.2 Å². The summed E-state index contributed by atoms with van der Waals surface area (Å²) >= 11 is 1.93. The van der Waals surface area contributed by atoms with Gasteiger partial charge >= 0.3 is 0 Å². The lowest BCUT2D eigenvalue weighted by Gasteiger charge is -2.12. The molecule has 0 amide bonds. The number of aryl methyl sites for hydroxylation is 2. The van der Waals surface area contributed by atoms with Crippen molar-refractivity contribution in [2.75, 3.05) is 0 Å². The minimum atomic E-state index is 0.766. The molecule has 2 aliphatic heterocycles. The molecule has 260 valence electrons. The number of para-hydroxylation sites is 2. The number of fused-ring (bicyclic) bond motifs is 8. The number of rotatable bonds is 0. The third-order valence-electron chi connectivity index (χ3n) is 11.4. The second kappa shape index (κ2) is 11.9. The van der Waals surface area contributed by atoms with Gasteiger partial charge < -0.3 is 4.74 Å². The SMILES string of the molecule is c1cc2c3sc4c(cccc4c3c1)Cc1ccnc(c1)-n1c3ccccc3c3ccc(cc31)Oc1ccc3c4ccccc4n(c3c1)-c1ccc(cn1)CC2. The molecule has 0 aliphatic carbocycles. The maximum atomic E-state index is 6.72. The summed E-state index contributed by atoms with van der Waals surface area (Å²) in [5, 5.41) is 7.36. The van der Waals surface area contributed by atoms with Crippen LogP contribution in [-0.2, 0) is 19.3 Å². The fourth-order valence-electron chi connectivity index (χ4n) is 8.82. The highest BCUT2D eigenvalue weighted by Crippen LogP contribution is 2.41. The Kier molecular flexibility index (Phi) is 6.62. The lowest BCUT2D eigenvalue weighted by molar-refractivity contribution is 0.484. The first-order valence-electron chi connectivity index (χ1n) is 18.8. The zero-order valence-electron chi connectivity index (χ0n) is 29.7. The molecule has 11 aromatic rings. The van der Waals surface area contributed by atoms with E-state index in [2.05, 4.69) is 161 Å². The molecule has 0 atom stereocenters. The van der Waals surface area contributed by atoms with Gasteiger partial charge in [0.1, 0.15) is 23.1 Å². The van der Waals surface area contributed by atoms with Crippen molar-refractivity contribution in [1.29, 1.82) is 0 Å². The Balaban J connectivity index is 1.10. The number of nitrogens with zero attached hydrogens (tertiary/aromatic N) is 4. The van der Waals surface area contributed by atoms with E-state index in [9.17, 15) is 0 Å². The largest absolute Gasteiger partial charge is 0.457 e. The van der Waals surface area contributed by atoms with Crippen molar-refractivity contribution in [3.8, 4) is 23.1 Å². The lowest BCUT2D eigenvalue weighted by Crippen LogP contribution is -2.00. The summed E-state index contributed by atoms with van der Waals surface area (Å²) in [7, 11) is 0. The molecular weight excluding hydrogens is 693 g/mol. The van der Waals surface area contributed by atoms with Gasteiger partial charge in [0.2, 0.25) is 0 Å². The summed E-state index contributed by atoms with van der Waals surface area (Å²) in [5.41, 5.74) is 9.51. The van der Waals surface area contributed by atoms with E-state index in [4.69, 9.17) is 14.7 Å². The monoisotopic (exact) mass is 724 g/mol. The van der Waals surface area contributed by atoms with E-state index < -0.39 is 0 Å². The molecule has 0 radical (unpaired) electrons. The van der Waals surface area contributed by atoms with Crippen LogP contribution in [-0.4, -0.2) is 19.1 Å². The molecule has 6 heteroatoms. The molecule has 7 heterocycles. The Bertz CT molecular complexity index is 3330. The van der Waals surface area contributed by atoms with E-state index in [1.54, 1.807) is 0 Å². The minimum Gasteiger partial charge on any atom is -0.457 e. The third kappa shape index (κ3) is 4.78. The first-order chi connectivity index (χ1) is 27.2. The van der Waals surface area contributed by atoms with E-state index >= 15 is 0 Å². The van der Waals surface area contributed by atoms with Crippen LogP contribution in [0.1, 0.15) is 22.3 Å². The fourth-order valence-corrected chi connectivity index (χ4v) is 10.2. The number of ether oxygens (including phenoxy) is 1. The quantitative estimate of drug-likeness (QED) is 0.156. The van der Waals surface area contributed by atoms with E-state index in [0.717, 1.165) is 75.2 Å². The summed E-state index contributed by atoms with van der Waals surface area (Å²) in [6.07, 6.45) is 6.68. The lowest BCUT2D eigenvalue weighted by atomic mass is 10.0. The average molecular weight is 725 g/mol. The summed E-state index contributed by atoms with van der Waals surface area (Å²) in [4.78, 5) is 10.0. The summed E-state index contributed by atoms with van der Waals surface area (Å²) < 4.78 is 14.0. The van der Waals surface area contributed by atoms with Crippen LogP contribution >= 0.6 is 11.3 Å². The van der Waals surface area contributed by atoms with E-state index in [1.807, 2.05) is 17.5 Å². The van der Waals surface area contributed by atoms with Crippen molar-refractivity contribution in [2.45, 2.75) is 19.3 Å². The van der Waals surface area contributed by atoms with Gasteiger partial charge in [0, 0.05) is 66.2 Å². The number of hydrogen-bond acceptors (Lipinski definition) is 4. The molecule has 55 heavy (non-hydrogen) atoms. The molecule has 0 unspecified atom stereocenters. The number of benzene rings is 6. The Hall–Kier alpha value is -6.76. The second-order valence-corrected chi connectivity index (χ2v) is 15.6. The molecule has 0 fully saturated rings. The number of aromatic nitrogens is 4. The molecule has 0 N–H and O–H groups in total. The van der Waals surface area contributed by atoms with Crippen LogP contribution in [0.5, 0.6) is 11.5 Å². The van der Waals surface area contributed by atoms with Gasteiger partial charge in [-0.3, -0.25) is 9.13 Å². The van der Waals surface area contributed by atoms with Crippen LogP contribution < -0.4 is 4.74 Å². The Morgan fingerprint density at radius 1 is 0.455 bits per heavy atom. The van der Waals surface area contributed by atoms with Crippen molar-refractivity contribution in [3.05, 3.63) is 180 Å². The van der Waals surface area contributed by atoms with Crippen molar-refractivity contribution in [1.82, 2.24) is 19.1 Å². The highest BCUT2D eigenvalue weighted by Gasteiger charge is 2.18. The van der Waals surface area contributed by atoms with Gasteiger partial charge in [0.05, 0.1) is 22.1 Å². The molecule has 0 saturated heterocycles. The minimum absolute atomic E-state index is 0.766. The zero-order chi connectivity index (χ0) is 36.0. The van der Waals surface area contributed by atoms with Crippen LogP contribution in [0.25, 0.3) is 75.4 Å². The van der Waals surface area contributed by atoms with Gasteiger partial charge in [-0.25, -0.2) is 9.97 Å². The van der Waals surface area contributed by atoms with Crippen LogP contribution in [0.15, 0.2) is 158 Å². The smallest absolute Gasteiger partial charge is 0.137 e. The summed E-state index contributed by atoms with van der Waals surface area (Å²) in [5.74, 6) is 3.32. The maximum Gasteiger partial charge on any atom is 0.137 e. The summed E-state index contributed by atoms with van der Waals surface area (Å²) in [6, 6.07) is 52.3. The predicted molar refractivity (Wildman–Crippen MR) is 227 cm³/mol. The van der Waals surface area contributed by atoms with Crippen molar-refractivity contribution < 1.29 is 4.74 Å². The van der Waals surface area contributed by atoms with Gasteiger partial charge in [-0.2, -0.15) is 0 Å². The zero-order valence-corrected chi connectivity index (χ0v) is 30.6. The molecule has 13 rings (SSSR count). The summed E-state index contributed by atoms with van der Waals surface area (Å²) in [6.45, 7) is 0. The van der Waals surface area contributed by atoms with Gasteiger partial charge in [-0.05, 0) is 96.1 Å². The first kappa shape index (κ1) is 30.7. The van der Waals surface area contributed by atoms with Gasteiger partial charge in [-0.1, -0.05) is 78.9 Å². The Labute approximate surface area is 320 Å². The molecule has 5 aromatic heterocycles. The topological polar surface area (TPSA) is 44.9 Å². The number of pyridine rings is 2. The maximum absolute atomic E-state index is 6.72. The van der Waals surface area contributed by atoms with Crippen LogP contribution in [0, 0.1) is 0 Å². The number of thiophene rings is 1. The van der Waals surface area contributed by atoms with Gasteiger partial charge in [-0.15, -0.1) is 11.3 Å². The highest BCUT2D eigenvalue weighted by molar-refractivity contribution is 7.26. The predicted octanol–water partition coefficient (Wildman–Crippen LogP) is 12.5. The van der Waals surface area contributed by atoms with Crippen LogP contribution in [0.3, 0.4) is 0 Å². The average Bonchev–Trinajstić information content (AvgIpc) is 3.88. The van der Waals surface area contributed by atoms with Gasteiger partial charge in [0.15, 0.2) is 0 Å². The second-order valence-electron chi connectivity index (χ2n) is 14.6. The molecule has 0 spiro atoms. The molecule has 0 saturated carbocycles. The van der Waals surface area contributed by atoms with Crippen LogP contribution in [0.4, 0.5) is 0 Å². The molecule has 5 nitrogen and oxygen atoms in total. The first-order valence-corrected chi connectivity index (χ1v) is 19.6. The molecular formula is C49H32N4OS. The van der Waals surface area contributed by atoms with Gasteiger partial charge in [0.25, 0.3) is 0 Å². The highest BCUT2D eigenvalue weighted by atomic mass is 32.1. The molecule has 6 aromatic carbocycles. The van der Waals surface area contributed by atoms with Crippen molar-refractivity contribution in [3.63, 3.8) is 0 Å². The number of hydrogen-bond donors (Lipinski definition) is 0. The fraction of sp³-hybridized carbons (Fsp3) is 0.0612. The Morgan fingerprint density at radius 2 is 1.07 bits per heavy atom. The normalized spacial score (nSPS) is 13.0.